The highest BCUT2D eigenvalue weighted by atomic mass is 16.5. The molecule has 0 radical (unpaired) electrons. The highest BCUT2D eigenvalue weighted by molar-refractivity contribution is 5.48. The summed E-state index contributed by atoms with van der Waals surface area (Å²) in [5.41, 5.74) is 7.84. The summed E-state index contributed by atoms with van der Waals surface area (Å²) in [5.74, 6) is 1.38. The Bertz CT molecular complexity index is 326. The molecule has 1 aromatic rings. The van der Waals surface area contributed by atoms with Crippen LogP contribution in [0.3, 0.4) is 0 Å². The molecule has 0 aliphatic carbocycles. The maximum atomic E-state index is 5.93. The molecular formula is C13H22N2O. The number of hydrogen-bond acceptors (Lipinski definition) is 3. The maximum absolute atomic E-state index is 5.93. The third-order valence-electron chi connectivity index (χ3n) is 3.05. The molecule has 0 unspecified atom stereocenters. The van der Waals surface area contributed by atoms with E-state index in [1.54, 1.807) is 13.2 Å². The monoisotopic (exact) mass is 222 g/mol. The van der Waals surface area contributed by atoms with Crippen molar-refractivity contribution in [2.45, 2.75) is 39.5 Å². The van der Waals surface area contributed by atoms with E-state index in [9.17, 15) is 0 Å². The first-order valence-electron chi connectivity index (χ1n) is 5.95. The first-order valence-corrected chi connectivity index (χ1v) is 5.95. The minimum Gasteiger partial charge on any atom is -0.481 e. The Hall–Kier alpha value is -1.25. The third-order valence-corrected chi connectivity index (χ3v) is 3.05. The summed E-state index contributed by atoms with van der Waals surface area (Å²) in [6, 6.07) is 1.79. The van der Waals surface area contributed by atoms with Gasteiger partial charge in [0.1, 0.15) is 0 Å². The Morgan fingerprint density at radius 3 is 2.81 bits per heavy atom. The lowest BCUT2D eigenvalue weighted by molar-refractivity contribution is 0.398. The van der Waals surface area contributed by atoms with Crippen molar-refractivity contribution in [3.05, 3.63) is 17.8 Å². The van der Waals surface area contributed by atoms with Gasteiger partial charge >= 0.3 is 0 Å². The Morgan fingerprint density at radius 2 is 2.25 bits per heavy atom. The molecule has 16 heavy (non-hydrogen) atoms. The van der Waals surface area contributed by atoms with Gasteiger partial charge in [0.2, 0.25) is 5.88 Å². The minimum absolute atomic E-state index is 0.586. The van der Waals surface area contributed by atoms with Crippen LogP contribution in [0.15, 0.2) is 12.3 Å². The third kappa shape index (κ3) is 3.72. The number of pyridine rings is 1. The second-order valence-corrected chi connectivity index (χ2v) is 4.33. The van der Waals surface area contributed by atoms with Crippen LogP contribution in [-0.2, 0) is 6.42 Å². The second kappa shape index (κ2) is 6.36. The van der Waals surface area contributed by atoms with Crippen LogP contribution in [0.2, 0.25) is 0 Å². The Labute approximate surface area is 98.0 Å². The van der Waals surface area contributed by atoms with Crippen LogP contribution < -0.4 is 10.5 Å². The lowest BCUT2D eigenvalue weighted by atomic mass is 9.99. The lowest BCUT2D eigenvalue weighted by Crippen LogP contribution is -1.99. The smallest absolute Gasteiger partial charge is 0.214 e. The number of aryl methyl sites for hydroxylation is 1. The van der Waals surface area contributed by atoms with E-state index in [4.69, 9.17) is 10.5 Å². The van der Waals surface area contributed by atoms with Crippen LogP contribution >= 0.6 is 0 Å². The fraction of sp³-hybridized carbons (Fsp3) is 0.615. The van der Waals surface area contributed by atoms with E-state index >= 15 is 0 Å². The summed E-state index contributed by atoms with van der Waals surface area (Å²) in [4.78, 5) is 4.17. The summed E-state index contributed by atoms with van der Waals surface area (Å²) in [6.07, 6.45) is 6.50. The molecule has 0 aliphatic rings. The zero-order chi connectivity index (χ0) is 12.0. The molecule has 1 aromatic heterocycles. The SMILES string of the molecule is CC[C@@H](C)CCCc1cnc(OC)cc1N. The van der Waals surface area contributed by atoms with Gasteiger partial charge in [0, 0.05) is 18.0 Å². The van der Waals surface area contributed by atoms with Gasteiger partial charge in [0.25, 0.3) is 0 Å². The van der Waals surface area contributed by atoms with Crippen molar-refractivity contribution in [2.75, 3.05) is 12.8 Å². The van der Waals surface area contributed by atoms with Gasteiger partial charge in [0.05, 0.1) is 7.11 Å². The van der Waals surface area contributed by atoms with Gasteiger partial charge in [-0.25, -0.2) is 4.98 Å². The van der Waals surface area contributed by atoms with Crippen LogP contribution in [0.25, 0.3) is 0 Å². The van der Waals surface area contributed by atoms with Crippen LogP contribution in [-0.4, -0.2) is 12.1 Å². The van der Waals surface area contributed by atoms with E-state index < -0.39 is 0 Å². The summed E-state index contributed by atoms with van der Waals surface area (Å²) < 4.78 is 5.02. The Balaban J connectivity index is 2.48. The van der Waals surface area contributed by atoms with Crippen LogP contribution in [0.5, 0.6) is 5.88 Å². The van der Waals surface area contributed by atoms with Crippen LogP contribution in [0.1, 0.15) is 38.7 Å². The molecule has 3 heteroatoms. The van der Waals surface area contributed by atoms with Crippen molar-refractivity contribution in [3.8, 4) is 5.88 Å². The minimum atomic E-state index is 0.586. The molecule has 0 bridgehead atoms. The topological polar surface area (TPSA) is 48.1 Å². The van der Waals surface area contributed by atoms with E-state index in [-0.39, 0.29) is 0 Å². The Kier molecular flexibility index (Phi) is 5.09. The molecule has 0 amide bonds. The molecule has 0 aromatic carbocycles. The van der Waals surface area contributed by atoms with E-state index in [0.717, 1.165) is 23.6 Å². The average molecular weight is 222 g/mol. The molecule has 1 atom stereocenters. The second-order valence-electron chi connectivity index (χ2n) is 4.33. The predicted octanol–water partition coefficient (Wildman–Crippen LogP) is 3.04. The molecule has 0 saturated carbocycles. The van der Waals surface area contributed by atoms with Crippen molar-refractivity contribution < 1.29 is 4.74 Å². The number of anilines is 1. The summed E-state index contributed by atoms with van der Waals surface area (Å²) in [5, 5.41) is 0. The van der Waals surface area contributed by atoms with Crippen molar-refractivity contribution in [1.29, 1.82) is 0 Å². The number of ether oxygens (including phenoxy) is 1. The Morgan fingerprint density at radius 1 is 1.50 bits per heavy atom. The van der Waals surface area contributed by atoms with Gasteiger partial charge in [-0.1, -0.05) is 26.7 Å². The van der Waals surface area contributed by atoms with Gasteiger partial charge in [-0.15, -0.1) is 0 Å². The quantitative estimate of drug-likeness (QED) is 0.804. The van der Waals surface area contributed by atoms with E-state index in [1.807, 2.05) is 6.20 Å². The van der Waals surface area contributed by atoms with Crippen molar-refractivity contribution in [1.82, 2.24) is 4.98 Å². The van der Waals surface area contributed by atoms with Crippen LogP contribution in [0.4, 0.5) is 5.69 Å². The number of nitrogens with zero attached hydrogens (tertiary/aromatic N) is 1. The van der Waals surface area contributed by atoms with Crippen molar-refractivity contribution in [2.24, 2.45) is 5.92 Å². The number of nitrogens with two attached hydrogens (primary N) is 1. The molecule has 3 nitrogen and oxygen atoms in total. The molecule has 0 fully saturated rings. The zero-order valence-electron chi connectivity index (χ0n) is 10.5. The van der Waals surface area contributed by atoms with Crippen molar-refractivity contribution >= 4 is 5.69 Å². The highest BCUT2D eigenvalue weighted by Crippen LogP contribution is 2.19. The highest BCUT2D eigenvalue weighted by Gasteiger charge is 2.04. The van der Waals surface area contributed by atoms with Gasteiger partial charge in [-0.2, -0.15) is 0 Å². The normalized spacial score (nSPS) is 12.4. The molecule has 1 heterocycles. The van der Waals surface area contributed by atoms with Gasteiger partial charge < -0.3 is 10.5 Å². The van der Waals surface area contributed by atoms with Crippen LogP contribution in [0, 0.1) is 5.92 Å². The van der Waals surface area contributed by atoms with Gasteiger partial charge in [-0.3, -0.25) is 0 Å². The predicted molar refractivity (Wildman–Crippen MR) is 67.6 cm³/mol. The zero-order valence-corrected chi connectivity index (χ0v) is 10.5. The number of nitrogen functional groups attached to an aromatic ring is 1. The van der Waals surface area contributed by atoms with Crippen molar-refractivity contribution in [3.63, 3.8) is 0 Å². The molecule has 2 N–H and O–H groups in total. The standard InChI is InChI=1S/C13H22N2O/c1-4-10(2)6-5-7-11-9-15-13(16-3)8-12(11)14/h8-10H,4-7H2,1-3H3,(H2,14,15)/t10-/m1/s1. The molecule has 90 valence electrons. The number of hydrogen-bond donors (Lipinski definition) is 1. The lowest BCUT2D eigenvalue weighted by Gasteiger charge is -2.09. The summed E-state index contributed by atoms with van der Waals surface area (Å²) in [7, 11) is 1.60. The fourth-order valence-electron chi connectivity index (χ4n) is 1.64. The maximum Gasteiger partial charge on any atom is 0.214 e. The van der Waals surface area contributed by atoms with Gasteiger partial charge in [-0.05, 0) is 24.3 Å². The van der Waals surface area contributed by atoms with E-state index in [0.29, 0.717) is 5.88 Å². The largest absolute Gasteiger partial charge is 0.481 e. The first-order chi connectivity index (χ1) is 7.67. The molecule has 0 saturated heterocycles. The molecule has 0 aliphatic heterocycles. The van der Waals surface area contributed by atoms with E-state index in [1.165, 1.54) is 19.3 Å². The van der Waals surface area contributed by atoms with Gasteiger partial charge in [0.15, 0.2) is 0 Å². The summed E-state index contributed by atoms with van der Waals surface area (Å²) >= 11 is 0. The first kappa shape index (κ1) is 12.8. The summed E-state index contributed by atoms with van der Waals surface area (Å²) in [6.45, 7) is 4.52. The number of rotatable bonds is 6. The fourth-order valence-corrected chi connectivity index (χ4v) is 1.64. The number of aromatic nitrogens is 1. The molecule has 1 rings (SSSR count). The molecular weight excluding hydrogens is 200 g/mol. The average Bonchev–Trinajstić information content (AvgIpc) is 2.30. The molecule has 0 spiro atoms. The van der Waals surface area contributed by atoms with E-state index in [2.05, 4.69) is 18.8 Å². The number of methoxy groups -OCH3 is 1.